The molecule has 0 spiro atoms. The van der Waals surface area contributed by atoms with Gasteiger partial charge in [-0.1, -0.05) is 36.4 Å². The van der Waals surface area contributed by atoms with Gasteiger partial charge in [-0.25, -0.2) is 18.1 Å². The molecule has 0 bridgehead atoms. The van der Waals surface area contributed by atoms with Gasteiger partial charge in [-0.15, -0.1) is 0 Å². The number of nitrogens with one attached hydrogen (secondary N) is 1. The average Bonchev–Trinajstić information content (AvgIpc) is 2.82. The molecule has 174 valence electrons. The molecule has 9 heteroatoms. The van der Waals surface area contributed by atoms with E-state index in [-0.39, 0.29) is 11.3 Å². The van der Waals surface area contributed by atoms with E-state index in [0.29, 0.717) is 24.5 Å². The van der Waals surface area contributed by atoms with Crippen LogP contribution < -0.4 is 9.46 Å². The van der Waals surface area contributed by atoms with Crippen LogP contribution in [0.2, 0.25) is 0 Å². The van der Waals surface area contributed by atoms with E-state index in [4.69, 9.17) is 4.74 Å². The Labute approximate surface area is 193 Å². The summed E-state index contributed by atoms with van der Waals surface area (Å²) in [7, 11) is -2.69. The molecule has 1 atom stereocenters. The highest BCUT2D eigenvalue weighted by Gasteiger charge is 2.33. The number of amides is 2. The zero-order valence-electron chi connectivity index (χ0n) is 18.8. The molecule has 1 unspecified atom stereocenters. The van der Waals surface area contributed by atoms with Crippen LogP contribution in [0.5, 0.6) is 5.88 Å². The van der Waals surface area contributed by atoms with Crippen LogP contribution in [0.4, 0.5) is 0 Å². The Kier molecular flexibility index (Phi) is 7.65. The number of aromatic nitrogens is 1. The van der Waals surface area contributed by atoms with Gasteiger partial charge < -0.3 is 9.64 Å². The molecule has 3 aromatic rings. The first-order valence-electron chi connectivity index (χ1n) is 10.6. The van der Waals surface area contributed by atoms with Crippen LogP contribution in [0.15, 0.2) is 65.7 Å². The van der Waals surface area contributed by atoms with Crippen LogP contribution in [0.25, 0.3) is 10.8 Å². The van der Waals surface area contributed by atoms with Gasteiger partial charge in [0.2, 0.25) is 17.7 Å². The monoisotopic (exact) mass is 469 g/mol. The second-order valence-electron chi connectivity index (χ2n) is 7.45. The maximum atomic E-state index is 13.1. The fraction of sp³-hybridized carbons (Fsp3) is 0.292. The van der Waals surface area contributed by atoms with Gasteiger partial charge in [-0.2, -0.15) is 0 Å². The summed E-state index contributed by atoms with van der Waals surface area (Å²) in [5.74, 6) is -2.15. The Bertz CT molecular complexity index is 1240. The Balaban J connectivity index is 1.89. The average molecular weight is 470 g/mol. The lowest BCUT2D eigenvalue weighted by atomic mass is 9.98. The van der Waals surface area contributed by atoms with Crippen molar-refractivity contribution in [2.75, 3.05) is 20.2 Å². The van der Waals surface area contributed by atoms with Gasteiger partial charge in [-0.05, 0) is 48.7 Å². The number of pyridine rings is 1. The molecule has 0 fully saturated rings. The van der Waals surface area contributed by atoms with Crippen molar-refractivity contribution in [2.45, 2.75) is 25.2 Å². The van der Waals surface area contributed by atoms with E-state index in [1.807, 2.05) is 12.1 Å². The van der Waals surface area contributed by atoms with Crippen molar-refractivity contribution in [3.05, 3.63) is 66.4 Å². The SMILES string of the molecule is CCN(CC)C(=O)C(Cc1ccc(OC)nc1)C(=O)NS(=O)(=O)c1ccc2ccccc2c1. The first-order chi connectivity index (χ1) is 15.8. The van der Waals surface area contributed by atoms with Crippen molar-refractivity contribution in [3.8, 4) is 5.88 Å². The highest BCUT2D eigenvalue weighted by molar-refractivity contribution is 7.90. The number of hydrogen-bond donors (Lipinski definition) is 1. The number of carbonyl (C=O) groups is 2. The normalized spacial score (nSPS) is 12.2. The first kappa shape index (κ1) is 24.2. The van der Waals surface area contributed by atoms with Crippen LogP contribution >= 0.6 is 0 Å². The van der Waals surface area contributed by atoms with E-state index >= 15 is 0 Å². The predicted molar refractivity (Wildman–Crippen MR) is 125 cm³/mol. The molecule has 0 saturated heterocycles. The minimum atomic E-state index is -4.18. The third kappa shape index (κ3) is 5.67. The summed E-state index contributed by atoms with van der Waals surface area (Å²) in [6, 6.07) is 15.2. The van der Waals surface area contributed by atoms with Crippen LogP contribution in [0.1, 0.15) is 19.4 Å². The largest absolute Gasteiger partial charge is 0.481 e. The number of rotatable bonds is 9. The number of benzene rings is 2. The van der Waals surface area contributed by atoms with Gasteiger partial charge >= 0.3 is 0 Å². The van der Waals surface area contributed by atoms with E-state index in [2.05, 4.69) is 9.71 Å². The van der Waals surface area contributed by atoms with Crippen molar-refractivity contribution < 1.29 is 22.7 Å². The number of carbonyl (C=O) groups excluding carboxylic acids is 2. The van der Waals surface area contributed by atoms with Crippen molar-refractivity contribution >= 4 is 32.6 Å². The summed E-state index contributed by atoms with van der Waals surface area (Å²) in [6.45, 7) is 4.41. The summed E-state index contributed by atoms with van der Waals surface area (Å²) >= 11 is 0. The summed E-state index contributed by atoms with van der Waals surface area (Å²) < 4.78 is 33.1. The molecule has 0 aliphatic carbocycles. The summed E-state index contributed by atoms with van der Waals surface area (Å²) in [5.41, 5.74) is 0.611. The highest BCUT2D eigenvalue weighted by Crippen LogP contribution is 2.20. The number of ether oxygens (including phenoxy) is 1. The molecule has 2 amide bonds. The van der Waals surface area contributed by atoms with Gasteiger partial charge in [0.1, 0.15) is 5.92 Å². The standard InChI is InChI=1S/C24H27N3O5S/c1-4-27(5-2)24(29)21(14-17-10-13-22(32-3)25-16-17)23(28)26-33(30,31)20-12-11-18-8-6-7-9-19(18)15-20/h6-13,15-16,21H,4-5,14H2,1-3H3,(H,26,28). The molecule has 8 nitrogen and oxygen atoms in total. The number of sulfonamides is 1. The molecule has 1 heterocycles. The fourth-order valence-corrected chi connectivity index (χ4v) is 4.59. The first-order valence-corrected chi connectivity index (χ1v) is 12.1. The van der Waals surface area contributed by atoms with Gasteiger partial charge in [-0.3, -0.25) is 9.59 Å². The maximum absolute atomic E-state index is 13.1. The van der Waals surface area contributed by atoms with Crippen LogP contribution in [0, 0.1) is 5.92 Å². The summed E-state index contributed by atoms with van der Waals surface area (Å²) in [5, 5.41) is 1.61. The van der Waals surface area contributed by atoms with E-state index in [0.717, 1.165) is 10.8 Å². The summed E-state index contributed by atoms with van der Waals surface area (Å²) in [4.78, 5) is 31.8. The molecule has 0 aliphatic heterocycles. The zero-order valence-corrected chi connectivity index (χ0v) is 19.6. The highest BCUT2D eigenvalue weighted by atomic mass is 32.2. The summed E-state index contributed by atoms with van der Waals surface area (Å²) in [6.07, 6.45) is 1.51. The van der Waals surface area contributed by atoms with E-state index in [1.54, 1.807) is 44.2 Å². The third-order valence-corrected chi connectivity index (χ3v) is 6.75. The van der Waals surface area contributed by atoms with Crippen molar-refractivity contribution in [1.29, 1.82) is 0 Å². The van der Waals surface area contributed by atoms with E-state index in [9.17, 15) is 18.0 Å². The second kappa shape index (κ2) is 10.4. The fourth-order valence-electron chi connectivity index (χ4n) is 3.53. The Hall–Kier alpha value is -3.46. The minimum Gasteiger partial charge on any atom is -0.481 e. The Morgan fingerprint density at radius 3 is 2.33 bits per heavy atom. The number of fused-ring (bicyclic) bond motifs is 1. The lowest BCUT2D eigenvalue weighted by Gasteiger charge is -2.24. The van der Waals surface area contributed by atoms with Crippen LogP contribution in [-0.4, -0.2) is 50.3 Å². The van der Waals surface area contributed by atoms with Gasteiger partial charge in [0.25, 0.3) is 10.0 Å². The van der Waals surface area contributed by atoms with Gasteiger partial charge in [0, 0.05) is 25.4 Å². The molecule has 1 aromatic heterocycles. The Morgan fingerprint density at radius 1 is 1.03 bits per heavy atom. The van der Waals surface area contributed by atoms with E-state index < -0.39 is 27.8 Å². The van der Waals surface area contributed by atoms with Crippen molar-refractivity contribution in [2.24, 2.45) is 5.92 Å². The van der Waals surface area contributed by atoms with Crippen molar-refractivity contribution in [3.63, 3.8) is 0 Å². The van der Waals surface area contributed by atoms with Crippen molar-refractivity contribution in [1.82, 2.24) is 14.6 Å². The smallest absolute Gasteiger partial charge is 0.264 e. The molecule has 2 aromatic carbocycles. The predicted octanol–water partition coefficient (Wildman–Crippen LogP) is 2.78. The van der Waals surface area contributed by atoms with Crippen LogP contribution in [0.3, 0.4) is 0 Å². The lowest BCUT2D eigenvalue weighted by Crippen LogP contribution is -2.46. The minimum absolute atomic E-state index is 0.00536. The van der Waals surface area contributed by atoms with Crippen LogP contribution in [-0.2, 0) is 26.0 Å². The molecule has 0 radical (unpaired) electrons. The van der Waals surface area contributed by atoms with E-state index in [1.165, 1.54) is 30.3 Å². The van der Waals surface area contributed by atoms with Gasteiger partial charge in [0.15, 0.2) is 0 Å². The Morgan fingerprint density at radius 2 is 1.73 bits per heavy atom. The molecule has 3 rings (SSSR count). The number of methoxy groups -OCH3 is 1. The zero-order chi connectivity index (χ0) is 24.0. The quantitative estimate of drug-likeness (QED) is 0.483. The molecular weight excluding hydrogens is 442 g/mol. The molecule has 0 aliphatic rings. The maximum Gasteiger partial charge on any atom is 0.264 e. The number of nitrogens with zero attached hydrogens (tertiary/aromatic N) is 2. The molecule has 1 N–H and O–H groups in total. The third-order valence-electron chi connectivity index (χ3n) is 5.40. The van der Waals surface area contributed by atoms with Gasteiger partial charge in [0.05, 0.1) is 12.0 Å². The number of hydrogen-bond acceptors (Lipinski definition) is 6. The molecule has 0 saturated carbocycles. The molecule has 33 heavy (non-hydrogen) atoms. The topological polar surface area (TPSA) is 106 Å². The second-order valence-corrected chi connectivity index (χ2v) is 9.14. The lowest BCUT2D eigenvalue weighted by molar-refractivity contribution is -0.141. The molecular formula is C24H27N3O5S.